The number of carbonyl (C=O) groups excluding carboxylic acids is 3. The van der Waals surface area contributed by atoms with E-state index in [1.54, 1.807) is 38.1 Å². The number of Topliss-reactive ketones (excluding diaryl/α,β-unsaturated/α-hetero) is 1. The van der Waals surface area contributed by atoms with Crippen LogP contribution in [0, 0.1) is 5.92 Å². The lowest BCUT2D eigenvalue weighted by Gasteiger charge is -2.24. The molecule has 1 rings (SSSR count). The minimum absolute atomic E-state index is 0.0688. The molecule has 0 bridgehead atoms. The summed E-state index contributed by atoms with van der Waals surface area (Å²) in [6.07, 6.45) is -0.656. The predicted molar refractivity (Wildman–Crippen MR) is 92.1 cm³/mol. The Kier molecular flexibility index (Phi) is 8.41. The Morgan fingerprint density at radius 1 is 1.08 bits per heavy atom. The second-order valence-electron chi connectivity index (χ2n) is 6.21. The monoisotopic (exact) mass is 366 g/mol. The van der Waals surface area contributed by atoms with Crippen LogP contribution < -0.4 is 10.6 Å². The van der Waals surface area contributed by atoms with Gasteiger partial charge in [0.25, 0.3) is 0 Å². The highest BCUT2D eigenvalue weighted by Crippen LogP contribution is 2.06. The summed E-state index contributed by atoms with van der Waals surface area (Å²) in [6, 6.07) is 6.48. The lowest BCUT2D eigenvalue weighted by atomic mass is 10.0. The number of aliphatic carboxylic acids is 1. The van der Waals surface area contributed by atoms with Gasteiger partial charge in [0.1, 0.15) is 18.8 Å². The molecule has 1 aromatic rings. The molecule has 0 spiro atoms. The van der Waals surface area contributed by atoms with Gasteiger partial charge >= 0.3 is 5.97 Å². The van der Waals surface area contributed by atoms with E-state index in [4.69, 9.17) is 5.11 Å². The summed E-state index contributed by atoms with van der Waals surface area (Å²) >= 11 is 0. The van der Waals surface area contributed by atoms with Crippen LogP contribution in [0.3, 0.4) is 0 Å². The maximum absolute atomic E-state index is 12.6. The van der Waals surface area contributed by atoms with Gasteiger partial charge in [0.05, 0.1) is 12.8 Å². The predicted octanol–water partition coefficient (Wildman–Crippen LogP) is 0.868. The first-order valence-corrected chi connectivity index (χ1v) is 8.18. The third kappa shape index (κ3) is 7.00. The Morgan fingerprint density at radius 2 is 1.69 bits per heavy atom. The number of halogens is 1. The van der Waals surface area contributed by atoms with Crippen LogP contribution >= 0.6 is 0 Å². The maximum atomic E-state index is 12.6. The number of alkyl halides is 1. The van der Waals surface area contributed by atoms with Crippen LogP contribution in [-0.2, 0) is 25.6 Å². The van der Waals surface area contributed by atoms with Gasteiger partial charge in [0, 0.05) is 0 Å². The van der Waals surface area contributed by atoms with Gasteiger partial charge in [-0.05, 0) is 11.5 Å². The SMILES string of the molecule is CC(C)[C@H](NC(=O)Cc1ccccc1)C(=O)NC(CC(=O)O)C(=O)CF. The van der Waals surface area contributed by atoms with Crippen molar-refractivity contribution in [3.63, 3.8) is 0 Å². The molecule has 142 valence electrons. The lowest BCUT2D eigenvalue weighted by Crippen LogP contribution is -2.54. The number of benzene rings is 1. The Labute approximate surface area is 151 Å². The number of hydrogen-bond acceptors (Lipinski definition) is 4. The van der Waals surface area contributed by atoms with Gasteiger partial charge in [0.15, 0.2) is 5.78 Å². The molecule has 0 aliphatic carbocycles. The summed E-state index contributed by atoms with van der Waals surface area (Å²) in [6.45, 7) is 2.00. The average Bonchev–Trinajstić information content (AvgIpc) is 2.58. The fourth-order valence-electron chi connectivity index (χ4n) is 2.32. The number of nitrogens with one attached hydrogen (secondary N) is 2. The van der Waals surface area contributed by atoms with Crippen LogP contribution in [0.2, 0.25) is 0 Å². The number of carboxylic acid groups (broad SMARTS) is 1. The minimum Gasteiger partial charge on any atom is -0.481 e. The van der Waals surface area contributed by atoms with Crippen molar-refractivity contribution in [1.82, 2.24) is 10.6 Å². The van der Waals surface area contributed by atoms with Crippen molar-refractivity contribution < 1.29 is 28.7 Å². The third-order valence-corrected chi connectivity index (χ3v) is 3.69. The van der Waals surface area contributed by atoms with Crippen LogP contribution in [0.5, 0.6) is 0 Å². The summed E-state index contributed by atoms with van der Waals surface area (Å²) in [5.74, 6) is -3.81. The fourth-order valence-corrected chi connectivity index (χ4v) is 2.32. The molecule has 1 aromatic carbocycles. The molecule has 1 unspecified atom stereocenters. The summed E-state index contributed by atoms with van der Waals surface area (Å²) in [5, 5.41) is 13.6. The van der Waals surface area contributed by atoms with E-state index in [1.807, 2.05) is 6.07 Å². The van der Waals surface area contributed by atoms with Crippen LogP contribution in [0.15, 0.2) is 30.3 Å². The van der Waals surface area contributed by atoms with Crippen LogP contribution in [0.25, 0.3) is 0 Å². The van der Waals surface area contributed by atoms with Gasteiger partial charge in [-0.1, -0.05) is 44.2 Å². The van der Waals surface area contributed by atoms with E-state index < -0.39 is 48.7 Å². The molecular weight excluding hydrogens is 343 g/mol. The van der Waals surface area contributed by atoms with Gasteiger partial charge in [-0.15, -0.1) is 0 Å². The van der Waals surface area contributed by atoms with E-state index in [1.165, 1.54) is 0 Å². The van der Waals surface area contributed by atoms with Gasteiger partial charge in [-0.25, -0.2) is 4.39 Å². The molecule has 2 amide bonds. The highest BCUT2D eigenvalue weighted by Gasteiger charge is 2.29. The molecule has 0 saturated heterocycles. The van der Waals surface area contributed by atoms with Gasteiger partial charge in [-0.3, -0.25) is 19.2 Å². The molecule has 0 radical (unpaired) electrons. The second kappa shape index (κ2) is 10.3. The van der Waals surface area contributed by atoms with E-state index in [0.717, 1.165) is 5.56 Å². The first kappa shape index (κ1) is 21.3. The zero-order chi connectivity index (χ0) is 19.7. The van der Waals surface area contributed by atoms with E-state index in [2.05, 4.69) is 10.6 Å². The van der Waals surface area contributed by atoms with Crippen molar-refractivity contribution in [3.05, 3.63) is 35.9 Å². The number of ketones is 1. The smallest absolute Gasteiger partial charge is 0.305 e. The largest absolute Gasteiger partial charge is 0.481 e. The van der Waals surface area contributed by atoms with E-state index >= 15 is 0 Å². The molecule has 0 aliphatic heterocycles. The fraction of sp³-hybridized carbons (Fsp3) is 0.444. The maximum Gasteiger partial charge on any atom is 0.305 e. The van der Waals surface area contributed by atoms with Gasteiger partial charge < -0.3 is 15.7 Å². The van der Waals surface area contributed by atoms with Crippen molar-refractivity contribution in [3.8, 4) is 0 Å². The standard InChI is InChI=1S/C18H23FN2O5/c1-11(2)17(21-15(23)8-12-6-4-3-5-7-12)18(26)20-13(9-16(24)25)14(22)10-19/h3-7,11,13,17H,8-10H2,1-2H3,(H,20,26)(H,21,23)(H,24,25)/t13?,17-/m0/s1. The molecule has 2 atom stereocenters. The first-order chi connectivity index (χ1) is 12.2. The van der Waals surface area contributed by atoms with Crippen molar-refractivity contribution in [2.75, 3.05) is 6.67 Å². The highest BCUT2D eigenvalue weighted by atomic mass is 19.1. The summed E-state index contributed by atoms with van der Waals surface area (Å²) in [4.78, 5) is 46.9. The Bertz CT molecular complexity index is 648. The molecule has 7 nitrogen and oxygen atoms in total. The Hall–Kier alpha value is -2.77. The van der Waals surface area contributed by atoms with Crippen LogP contribution in [0.4, 0.5) is 4.39 Å². The van der Waals surface area contributed by atoms with E-state index in [0.29, 0.717) is 0 Å². The molecule has 26 heavy (non-hydrogen) atoms. The number of carbonyl (C=O) groups is 4. The van der Waals surface area contributed by atoms with E-state index in [9.17, 15) is 23.6 Å². The van der Waals surface area contributed by atoms with Crippen molar-refractivity contribution in [1.29, 1.82) is 0 Å². The molecule has 8 heteroatoms. The third-order valence-electron chi connectivity index (χ3n) is 3.69. The summed E-state index contributed by atoms with van der Waals surface area (Å²) in [5.41, 5.74) is 0.768. The van der Waals surface area contributed by atoms with E-state index in [-0.39, 0.29) is 12.3 Å². The summed E-state index contributed by atoms with van der Waals surface area (Å²) < 4.78 is 12.6. The number of carboxylic acids is 1. The molecule has 0 fully saturated rings. The van der Waals surface area contributed by atoms with Crippen LogP contribution in [0.1, 0.15) is 25.8 Å². The average molecular weight is 366 g/mol. The second-order valence-corrected chi connectivity index (χ2v) is 6.21. The zero-order valence-corrected chi connectivity index (χ0v) is 14.7. The Balaban J connectivity index is 2.77. The number of rotatable bonds is 10. The first-order valence-electron chi connectivity index (χ1n) is 8.18. The minimum atomic E-state index is -1.47. The number of amides is 2. The molecule has 0 aliphatic rings. The lowest BCUT2D eigenvalue weighted by molar-refractivity contribution is -0.140. The molecular formula is C18H23FN2O5. The molecule has 0 saturated carbocycles. The molecule has 0 aromatic heterocycles. The van der Waals surface area contributed by atoms with Gasteiger partial charge in [0.2, 0.25) is 11.8 Å². The van der Waals surface area contributed by atoms with Gasteiger partial charge in [-0.2, -0.15) is 0 Å². The van der Waals surface area contributed by atoms with Crippen LogP contribution in [-0.4, -0.2) is 47.4 Å². The topological polar surface area (TPSA) is 113 Å². The molecule has 0 heterocycles. The zero-order valence-electron chi connectivity index (χ0n) is 14.7. The van der Waals surface area contributed by atoms with Crippen molar-refractivity contribution in [2.45, 2.75) is 38.8 Å². The molecule has 3 N–H and O–H groups in total. The number of hydrogen-bond donors (Lipinski definition) is 3. The van der Waals surface area contributed by atoms with Crippen molar-refractivity contribution in [2.24, 2.45) is 5.92 Å². The summed E-state index contributed by atoms with van der Waals surface area (Å²) in [7, 11) is 0. The Morgan fingerprint density at radius 3 is 2.19 bits per heavy atom. The van der Waals surface area contributed by atoms with Crippen molar-refractivity contribution >= 4 is 23.6 Å². The normalized spacial score (nSPS) is 12.9. The highest BCUT2D eigenvalue weighted by molar-refractivity contribution is 5.95. The quantitative estimate of drug-likeness (QED) is 0.569.